The lowest BCUT2D eigenvalue weighted by Crippen LogP contribution is -2.42. The van der Waals surface area contributed by atoms with Crippen LogP contribution < -0.4 is 4.74 Å². The van der Waals surface area contributed by atoms with E-state index in [9.17, 15) is 4.79 Å². The van der Waals surface area contributed by atoms with Gasteiger partial charge in [0.05, 0.1) is 5.01 Å². The molecule has 1 amide bonds. The first-order valence-corrected chi connectivity index (χ1v) is 9.03. The molecule has 1 fully saturated rings. The van der Waals surface area contributed by atoms with Gasteiger partial charge in [-0.1, -0.05) is 18.2 Å². The molecule has 4 nitrogen and oxygen atoms in total. The standard InChI is InChI=1S/C18H20N2O2S/c1-12-11-23-17(19-12)13-5-4-8-20(9-13)18(21)15-10-22-16-7-3-2-6-14(15)16/h2-3,6-7,11,13,15H,4-5,8-10H2,1H3/t13-,15-/m1/s1. The summed E-state index contributed by atoms with van der Waals surface area (Å²) >= 11 is 1.72. The van der Waals surface area contributed by atoms with E-state index in [1.165, 1.54) is 5.01 Å². The molecule has 23 heavy (non-hydrogen) atoms. The Morgan fingerprint density at radius 3 is 3.09 bits per heavy atom. The third-order valence-corrected chi connectivity index (χ3v) is 5.84. The van der Waals surface area contributed by atoms with Gasteiger partial charge in [-0.3, -0.25) is 4.79 Å². The average Bonchev–Trinajstić information content (AvgIpc) is 3.20. The van der Waals surface area contributed by atoms with Crippen molar-refractivity contribution in [3.63, 3.8) is 0 Å². The molecule has 2 aromatic rings. The van der Waals surface area contributed by atoms with Crippen molar-refractivity contribution < 1.29 is 9.53 Å². The van der Waals surface area contributed by atoms with Crippen molar-refractivity contribution in [1.82, 2.24) is 9.88 Å². The summed E-state index contributed by atoms with van der Waals surface area (Å²) in [5.74, 6) is 1.29. The number of amides is 1. The van der Waals surface area contributed by atoms with Gasteiger partial charge < -0.3 is 9.64 Å². The maximum atomic E-state index is 13.0. The quantitative estimate of drug-likeness (QED) is 0.849. The van der Waals surface area contributed by atoms with Crippen molar-refractivity contribution >= 4 is 17.2 Å². The molecule has 2 aliphatic heterocycles. The molecular formula is C18H20N2O2S. The molecular weight excluding hydrogens is 308 g/mol. The lowest BCUT2D eigenvalue weighted by Gasteiger charge is -2.33. The van der Waals surface area contributed by atoms with Crippen molar-refractivity contribution in [1.29, 1.82) is 0 Å². The Balaban J connectivity index is 1.51. The Hall–Kier alpha value is -1.88. The molecule has 1 aromatic heterocycles. The minimum atomic E-state index is -0.150. The molecule has 0 spiro atoms. The number of nitrogens with zero attached hydrogens (tertiary/aromatic N) is 2. The maximum Gasteiger partial charge on any atom is 0.233 e. The second-order valence-corrected chi connectivity index (χ2v) is 7.24. The lowest BCUT2D eigenvalue weighted by molar-refractivity contribution is -0.134. The minimum Gasteiger partial charge on any atom is -0.492 e. The van der Waals surface area contributed by atoms with Gasteiger partial charge in [-0.05, 0) is 25.8 Å². The van der Waals surface area contributed by atoms with Gasteiger partial charge in [0.1, 0.15) is 18.3 Å². The molecule has 0 saturated carbocycles. The molecule has 2 atom stereocenters. The largest absolute Gasteiger partial charge is 0.492 e. The highest BCUT2D eigenvalue weighted by molar-refractivity contribution is 7.09. The number of para-hydroxylation sites is 1. The Kier molecular flexibility index (Phi) is 3.81. The van der Waals surface area contributed by atoms with Crippen LogP contribution in [0.25, 0.3) is 0 Å². The van der Waals surface area contributed by atoms with Gasteiger partial charge >= 0.3 is 0 Å². The molecule has 120 valence electrons. The van der Waals surface area contributed by atoms with Crippen molar-refractivity contribution in [2.24, 2.45) is 0 Å². The first-order chi connectivity index (χ1) is 11.2. The fourth-order valence-corrected chi connectivity index (χ4v) is 4.45. The van der Waals surface area contributed by atoms with Gasteiger partial charge in [0.15, 0.2) is 0 Å². The van der Waals surface area contributed by atoms with Crippen LogP contribution in [0.3, 0.4) is 0 Å². The lowest BCUT2D eigenvalue weighted by atomic mass is 9.95. The zero-order valence-electron chi connectivity index (χ0n) is 13.2. The molecule has 0 unspecified atom stereocenters. The van der Waals surface area contributed by atoms with Crippen LogP contribution in [-0.4, -0.2) is 35.5 Å². The summed E-state index contributed by atoms with van der Waals surface area (Å²) in [6.07, 6.45) is 2.17. The van der Waals surface area contributed by atoms with E-state index in [0.717, 1.165) is 42.9 Å². The summed E-state index contributed by atoms with van der Waals surface area (Å²) in [4.78, 5) is 19.6. The normalized spacial score (nSPS) is 23.4. The van der Waals surface area contributed by atoms with Crippen LogP contribution in [0.15, 0.2) is 29.6 Å². The number of likely N-dealkylation sites (tertiary alicyclic amines) is 1. The zero-order chi connectivity index (χ0) is 15.8. The number of benzene rings is 1. The molecule has 0 N–H and O–H groups in total. The van der Waals surface area contributed by atoms with Crippen LogP contribution in [-0.2, 0) is 4.79 Å². The number of carbonyl (C=O) groups excluding carboxylic acids is 1. The van der Waals surface area contributed by atoms with Gasteiger partial charge in [-0.2, -0.15) is 0 Å². The highest BCUT2D eigenvalue weighted by atomic mass is 32.1. The predicted molar refractivity (Wildman–Crippen MR) is 90.1 cm³/mol. The predicted octanol–water partition coefficient (Wildman–Crippen LogP) is 3.33. The Morgan fingerprint density at radius 1 is 1.39 bits per heavy atom. The first-order valence-electron chi connectivity index (χ1n) is 8.15. The summed E-state index contributed by atoms with van der Waals surface area (Å²) in [5.41, 5.74) is 2.11. The van der Waals surface area contributed by atoms with Crippen LogP contribution in [0.5, 0.6) is 5.75 Å². The van der Waals surface area contributed by atoms with E-state index in [-0.39, 0.29) is 11.8 Å². The van der Waals surface area contributed by atoms with Crippen molar-refractivity contribution in [3.8, 4) is 5.75 Å². The van der Waals surface area contributed by atoms with Gasteiger partial charge in [0, 0.05) is 35.6 Å². The van der Waals surface area contributed by atoms with Crippen molar-refractivity contribution in [3.05, 3.63) is 45.9 Å². The number of rotatable bonds is 2. The number of aryl methyl sites for hydroxylation is 1. The molecule has 3 heterocycles. The van der Waals surface area contributed by atoms with Crippen molar-refractivity contribution in [2.75, 3.05) is 19.7 Å². The molecule has 0 radical (unpaired) electrons. The van der Waals surface area contributed by atoms with Crippen molar-refractivity contribution in [2.45, 2.75) is 31.6 Å². The fraction of sp³-hybridized carbons (Fsp3) is 0.444. The van der Waals surface area contributed by atoms with E-state index >= 15 is 0 Å². The number of aromatic nitrogens is 1. The number of hydrogen-bond acceptors (Lipinski definition) is 4. The third-order valence-electron chi connectivity index (χ3n) is 4.72. The molecule has 5 heteroatoms. The summed E-state index contributed by atoms with van der Waals surface area (Å²) in [7, 11) is 0. The Labute approximate surface area is 140 Å². The maximum absolute atomic E-state index is 13.0. The molecule has 1 aromatic carbocycles. The van der Waals surface area contributed by atoms with Crippen LogP contribution in [0.1, 0.15) is 40.9 Å². The van der Waals surface area contributed by atoms with E-state index in [2.05, 4.69) is 10.4 Å². The first kappa shape index (κ1) is 14.7. The fourth-order valence-electron chi connectivity index (χ4n) is 3.53. The molecule has 4 rings (SSSR count). The van der Waals surface area contributed by atoms with Gasteiger partial charge in [-0.25, -0.2) is 4.98 Å². The van der Waals surface area contributed by atoms with Gasteiger partial charge in [0.2, 0.25) is 5.91 Å². The molecule has 0 bridgehead atoms. The van der Waals surface area contributed by atoms with Gasteiger partial charge in [-0.15, -0.1) is 11.3 Å². The number of fused-ring (bicyclic) bond motifs is 1. The second kappa shape index (κ2) is 5.96. The summed E-state index contributed by atoms with van der Waals surface area (Å²) in [6, 6.07) is 7.88. The van der Waals surface area contributed by atoms with Crippen LogP contribution >= 0.6 is 11.3 Å². The number of ether oxygens (including phenoxy) is 1. The number of carbonyl (C=O) groups is 1. The second-order valence-electron chi connectivity index (χ2n) is 6.35. The summed E-state index contributed by atoms with van der Waals surface area (Å²) in [5, 5.41) is 3.26. The molecule has 1 saturated heterocycles. The smallest absolute Gasteiger partial charge is 0.233 e. The van der Waals surface area contributed by atoms with Gasteiger partial charge in [0.25, 0.3) is 0 Å². The molecule has 2 aliphatic rings. The third kappa shape index (κ3) is 2.74. The Morgan fingerprint density at radius 2 is 2.26 bits per heavy atom. The topological polar surface area (TPSA) is 42.4 Å². The highest BCUT2D eigenvalue weighted by Gasteiger charge is 2.35. The number of thiazole rings is 1. The summed E-state index contributed by atoms with van der Waals surface area (Å²) in [6.45, 7) is 4.12. The Bertz CT molecular complexity index is 727. The number of hydrogen-bond donors (Lipinski definition) is 0. The minimum absolute atomic E-state index is 0.150. The van der Waals surface area contributed by atoms with Crippen LogP contribution in [0.2, 0.25) is 0 Å². The van der Waals surface area contributed by atoms with E-state index in [0.29, 0.717) is 12.5 Å². The van der Waals surface area contributed by atoms with Crippen LogP contribution in [0, 0.1) is 6.92 Å². The monoisotopic (exact) mass is 328 g/mol. The molecule has 0 aliphatic carbocycles. The van der Waals surface area contributed by atoms with E-state index in [1.54, 1.807) is 11.3 Å². The SMILES string of the molecule is Cc1csc([C@@H]2CCCN(C(=O)[C@@H]3COc4ccccc43)C2)n1. The highest BCUT2D eigenvalue weighted by Crippen LogP contribution is 2.36. The van der Waals surface area contributed by atoms with E-state index in [1.807, 2.05) is 36.1 Å². The summed E-state index contributed by atoms with van der Waals surface area (Å²) < 4.78 is 5.68. The number of piperidine rings is 1. The van der Waals surface area contributed by atoms with E-state index in [4.69, 9.17) is 4.74 Å². The zero-order valence-corrected chi connectivity index (χ0v) is 14.0. The van der Waals surface area contributed by atoms with Crippen LogP contribution in [0.4, 0.5) is 0 Å². The average molecular weight is 328 g/mol. The van der Waals surface area contributed by atoms with E-state index < -0.39 is 0 Å².